The summed E-state index contributed by atoms with van der Waals surface area (Å²) < 4.78 is 16.1. The summed E-state index contributed by atoms with van der Waals surface area (Å²) in [7, 11) is 3.14. The third kappa shape index (κ3) is 4.18. The van der Waals surface area contributed by atoms with Crippen molar-refractivity contribution < 1.29 is 18.8 Å². The number of nitrogens with one attached hydrogen (secondary N) is 1. The molecule has 0 aliphatic carbocycles. The minimum Gasteiger partial charge on any atom is -0.493 e. The molecule has 1 heterocycles. The molecule has 1 amide bonds. The zero-order chi connectivity index (χ0) is 22.7. The van der Waals surface area contributed by atoms with Crippen LogP contribution < -0.4 is 14.8 Å². The molecule has 0 radical (unpaired) electrons. The topological polar surface area (TPSA) is 86.5 Å². The first-order chi connectivity index (χ1) is 15.5. The molecule has 0 unspecified atom stereocenters. The summed E-state index contributed by atoms with van der Waals surface area (Å²) in [5.74, 6) is 1.54. The zero-order valence-electron chi connectivity index (χ0n) is 18.3. The molecule has 0 fully saturated rings. The maximum Gasteiger partial charge on any atom is 0.259 e. The summed E-state index contributed by atoms with van der Waals surface area (Å²) in [6.45, 7) is 3.97. The van der Waals surface area contributed by atoms with Gasteiger partial charge >= 0.3 is 0 Å². The molecular weight excluding hydrogens is 406 g/mol. The van der Waals surface area contributed by atoms with Crippen molar-refractivity contribution in [3.8, 4) is 34.3 Å². The van der Waals surface area contributed by atoms with E-state index < -0.39 is 0 Å². The van der Waals surface area contributed by atoms with Gasteiger partial charge in [-0.1, -0.05) is 35.0 Å². The number of benzene rings is 3. The Morgan fingerprint density at radius 2 is 1.72 bits per heavy atom. The second-order valence-corrected chi connectivity index (χ2v) is 7.31. The molecule has 0 aliphatic rings. The first-order valence-corrected chi connectivity index (χ1v) is 10.0. The SMILES string of the molecule is COc1ccc(-c2noc(-c3ccccc3C(=O)Nc3ccc(C)cc3C)n2)cc1OC. The van der Waals surface area contributed by atoms with Crippen molar-refractivity contribution in [1.29, 1.82) is 0 Å². The molecule has 0 atom stereocenters. The summed E-state index contributed by atoms with van der Waals surface area (Å²) >= 11 is 0. The van der Waals surface area contributed by atoms with Crippen LogP contribution in [0.1, 0.15) is 21.5 Å². The van der Waals surface area contributed by atoms with Gasteiger partial charge in [-0.25, -0.2) is 0 Å². The van der Waals surface area contributed by atoms with E-state index in [2.05, 4.69) is 15.5 Å². The fourth-order valence-electron chi connectivity index (χ4n) is 3.44. The fourth-order valence-corrected chi connectivity index (χ4v) is 3.44. The third-order valence-corrected chi connectivity index (χ3v) is 5.10. The van der Waals surface area contributed by atoms with E-state index >= 15 is 0 Å². The van der Waals surface area contributed by atoms with Gasteiger partial charge in [-0.2, -0.15) is 4.98 Å². The van der Waals surface area contributed by atoms with Gasteiger partial charge in [-0.15, -0.1) is 0 Å². The van der Waals surface area contributed by atoms with Crippen LogP contribution in [-0.2, 0) is 0 Å². The van der Waals surface area contributed by atoms with Gasteiger partial charge in [0.1, 0.15) is 0 Å². The van der Waals surface area contributed by atoms with Crippen LogP contribution in [0.15, 0.2) is 65.2 Å². The number of carbonyl (C=O) groups is 1. The molecule has 0 aliphatic heterocycles. The van der Waals surface area contributed by atoms with Crippen LogP contribution in [0.25, 0.3) is 22.8 Å². The van der Waals surface area contributed by atoms with Crippen molar-refractivity contribution in [3.63, 3.8) is 0 Å². The van der Waals surface area contributed by atoms with Crippen LogP contribution in [0, 0.1) is 13.8 Å². The normalized spacial score (nSPS) is 10.6. The Morgan fingerprint density at radius 3 is 2.47 bits per heavy atom. The standard InChI is InChI=1S/C25H23N3O4/c1-15-9-11-20(16(2)13-15)26-24(29)18-7-5-6-8-19(18)25-27-23(28-32-25)17-10-12-21(30-3)22(14-17)31-4/h5-14H,1-4H3,(H,26,29). The molecule has 7 nitrogen and oxygen atoms in total. The number of amides is 1. The highest BCUT2D eigenvalue weighted by atomic mass is 16.5. The quantitative estimate of drug-likeness (QED) is 0.448. The van der Waals surface area contributed by atoms with Gasteiger partial charge in [0.15, 0.2) is 11.5 Å². The molecule has 162 valence electrons. The summed E-state index contributed by atoms with van der Waals surface area (Å²) in [6, 6.07) is 18.4. The average molecular weight is 429 g/mol. The number of rotatable bonds is 6. The summed E-state index contributed by atoms with van der Waals surface area (Å²) in [4.78, 5) is 17.6. The maximum absolute atomic E-state index is 13.0. The van der Waals surface area contributed by atoms with Crippen LogP contribution >= 0.6 is 0 Å². The first kappa shape index (κ1) is 21.1. The summed E-state index contributed by atoms with van der Waals surface area (Å²) in [5, 5.41) is 7.06. The maximum atomic E-state index is 13.0. The molecule has 1 aromatic heterocycles. The lowest BCUT2D eigenvalue weighted by atomic mass is 10.1. The number of ether oxygens (including phenoxy) is 2. The summed E-state index contributed by atoms with van der Waals surface area (Å²) in [5.41, 5.74) is 4.57. The lowest BCUT2D eigenvalue weighted by molar-refractivity contribution is 0.102. The van der Waals surface area contributed by atoms with Crippen LogP contribution in [0.5, 0.6) is 11.5 Å². The number of hydrogen-bond acceptors (Lipinski definition) is 6. The third-order valence-electron chi connectivity index (χ3n) is 5.10. The smallest absolute Gasteiger partial charge is 0.259 e. The molecule has 0 saturated heterocycles. The van der Waals surface area contributed by atoms with E-state index in [0.717, 1.165) is 16.8 Å². The van der Waals surface area contributed by atoms with Gasteiger partial charge < -0.3 is 19.3 Å². The molecule has 4 rings (SSSR count). The molecule has 3 aromatic carbocycles. The molecule has 0 saturated carbocycles. The lowest BCUT2D eigenvalue weighted by Gasteiger charge is -2.10. The van der Waals surface area contributed by atoms with E-state index in [1.165, 1.54) is 0 Å². The Morgan fingerprint density at radius 1 is 0.938 bits per heavy atom. The number of hydrogen-bond donors (Lipinski definition) is 1. The monoisotopic (exact) mass is 429 g/mol. The molecular formula is C25H23N3O4. The largest absolute Gasteiger partial charge is 0.493 e. The molecule has 4 aromatic rings. The predicted molar refractivity (Wildman–Crippen MR) is 122 cm³/mol. The number of aryl methyl sites for hydroxylation is 2. The van der Waals surface area contributed by atoms with Gasteiger partial charge in [-0.3, -0.25) is 4.79 Å². The highest BCUT2D eigenvalue weighted by Crippen LogP contribution is 2.32. The molecule has 1 N–H and O–H groups in total. The molecule has 32 heavy (non-hydrogen) atoms. The van der Waals surface area contributed by atoms with Crippen molar-refractivity contribution >= 4 is 11.6 Å². The van der Waals surface area contributed by atoms with E-state index in [-0.39, 0.29) is 11.8 Å². The van der Waals surface area contributed by atoms with E-state index in [0.29, 0.717) is 34.0 Å². The molecule has 0 bridgehead atoms. The van der Waals surface area contributed by atoms with E-state index in [4.69, 9.17) is 14.0 Å². The Kier molecular flexibility index (Phi) is 5.89. The summed E-state index contributed by atoms with van der Waals surface area (Å²) in [6.07, 6.45) is 0. The van der Waals surface area contributed by atoms with E-state index in [1.807, 2.05) is 44.2 Å². The van der Waals surface area contributed by atoms with Crippen molar-refractivity contribution in [2.45, 2.75) is 13.8 Å². The van der Waals surface area contributed by atoms with Crippen molar-refractivity contribution in [1.82, 2.24) is 10.1 Å². The highest BCUT2D eigenvalue weighted by molar-refractivity contribution is 6.08. The van der Waals surface area contributed by atoms with Gasteiger partial charge in [-0.05, 0) is 55.8 Å². The van der Waals surface area contributed by atoms with Crippen LogP contribution in [0.4, 0.5) is 5.69 Å². The van der Waals surface area contributed by atoms with Gasteiger partial charge in [0.2, 0.25) is 5.82 Å². The number of methoxy groups -OCH3 is 2. The Labute approximate surface area is 186 Å². The zero-order valence-corrected chi connectivity index (χ0v) is 18.3. The Bertz CT molecular complexity index is 1280. The lowest BCUT2D eigenvalue weighted by Crippen LogP contribution is -2.14. The highest BCUT2D eigenvalue weighted by Gasteiger charge is 2.19. The van der Waals surface area contributed by atoms with Crippen molar-refractivity contribution in [2.75, 3.05) is 19.5 Å². The Hall–Kier alpha value is -4.13. The van der Waals surface area contributed by atoms with Gasteiger partial charge in [0, 0.05) is 11.3 Å². The van der Waals surface area contributed by atoms with Gasteiger partial charge in [0.05, 0.1) is 25.3 Å². The number of aromatic nitrogens is 2. The van der Waals surface area contributed by atoms with Crippen LogP contribution in [0.3, 0.4) is 0 Å². The van der Waals surface area contributed by atoms with Crippen molar-refractivity contribution in [3.05, 3.63) is 77.4 Å². The minimum absolute atomic E-state index is 0.251. The van der Waals surface area contributed by atoms with E-state index in [1.54, 1.807) is 44.6 Å². The minimum atomic E-state index is -0.251. The van der Waals surface area contributed by atoms with Crippen LogP contribution in [-0.4, -0.2) is 30.3 Å². The number of nitrogens with zero attached hydrogens (tertiary/aromatic N) is 2. The number of carbonyl (C=O) groups excluding carboxylic acids is 1. The second-order valence-electron chi connectivity index (χ2n) is 7.31. The predicted octanol–water partition coefficient (Wildman–Crippen LogP) is 5.29. The number of anilines is 1. The molecule has 7 heteroatoms. The van der Waals surface area contributed by atoms with Gasteiger partial charge in [0.25, 0.3) is 11.8 Å². The van der Waals surface area contributed by atoms with Crippen LogP contribution in [0.2, 0.25) is 0 Å². The Balaban J connectivity index is 1.65. The first-order valence-electron chi connectivity index (χ1n) is 10.0. The fraction of sp³-hybridized carbons (Fsp3) is 0.160. The second kappa shape index (κ2) is 8.93. The average Bonchev–Trinajstić information content (AvgIpc) is 3.30. The van der Waals surface area contributed by atoms with Crippen molar-refractivity contribution in [2.24, 2.45) is 0 Å². The molecule has 0 spiro atoms. The van der Waals surface area contributed by atoms with E-state index in [9.17, 15) is 4.79 Å².